The predicted molar refractivity (Wildman–Crippen MR) is 267 cm³/mol. The van der Waals surface area contributed by atoms with Crippen molar-refractivity contribution in [3.8, 4) is 0 Å². The number of rotatable bonds is 41. The smallest absolute Gasteiger partial charge is 0.341 e. The molecule has 0 saturated carbocycles. The molecule has 0 aromatic carbocycles. The van der Waals surface area contributed by atoms with Gasteiger partial charge in [0, 0.05) is 43.6 Å². The SMILES string of the molecule is CCCCCCCCCCCOC(=O)CCCCC(=O)N1CCc2c(sc(NC(=O)CCCCC(=O)OC(CCCCCCCC)CCCCCCCC)c2C(=O)OCCCN(C)C)C1. The van der Waals surface area contributed by atoms with Gasteiger partial charge in [0.25, 0.3) is 0 Å². The first-order valence-corrected chi connectivity index (χ1v) is 27.3. The molecule has 65 heavy (non-hydrogen) atoms. The summed E-state index contributed by atoms with van der Waals surface area (Å²) in [5.74, 6) is -1.04. The summed E-state index contributed by atoms with van der Waals surface area (Å²) in [5.41, 5.74) is 1.22. The number of ether oxygens (including phenoxy) is 3. The number of esters is 3. The van der Waals surface area contributed by atoms with Crippen molar-refractivity contribution in [1.29, 1.82) is 0 Å². The van der Waals surface area contributed by atoms with Gasteiger partial charge in [0.2, 0.25) is 11.8 Å². The second-order valence-electron chi connectivity index (χ2n) is 18.8. The van der Waals surface area contributed by atoms with Crippen LogP contribution in [0, 0.1) is 0 Å². The summed E-state index contributed by atoms with van der Waals surface area (Å²) in [7, 11) is 3.94. The monoisotopic (exact) mass is 932 g/mol. The largest absolute Gasteiger partial charge is 0.466 e. The molecule has 0 atom stereocenters. The minimum atomic E-state index is -0.458. The van der Waals surface area contributed by atoms with Gasteiger partial charge in [0.1, 0.15) is 11.1 Å². The van der Waals surface area contributed by atoms with Gasteiger partial charge in [-0.2, -0.15) is 0 Å². The van der Waals surface area contributed by atoms with Gasteiger partial charge in [0.15, 0.2) is 0 Å². The average molecular weight is 932 g/mol. The van der Waals surface area contributed by atoms with E-state index in [4.69, 9.17) is 14.2 Å². The lowest BCUT2D eigenvalue weighted by atomic mass is 10.0. The number of anilines is 1. The van der Waals surface area contributed by atoms with Gasteiger partial charge in [-0.05, 0) is 90.3 Å². The van der Waals surface area contributed by atoms with Crippen LogP contribution in [0.5, 0.6) is 0 Å². The van der Waals surface area contributed by atoms with Crippen LogP contribution in [0.2, 0.25) is 0 Å². The fourth-order valence-corrected chi connectivity index (χ4v) is 9.74. The fraction of sp³-hybridized carbons (Fsp3) is 0.830. The van der Waals surface area contributed by atoms with Crippen LogP contribution in [0.3, 0.4) is 0 Å². The topological polar surface area (TPSA) is 132 Å². The molecule has 0 radical (unpaired) electrons. The van der Waals surface area contributed by atoms with Crippen molar-refractivity contribution in [1.82, 2.24) is 9.80 Å². The van der Waals surface area contributed by atoms with Gasteiger partial charge in [-0.3, -0.25) is 19.2 Å². The second kappa shape index (κ2) is 38.0. The van der Waals surface area contributed by atoms with E-state index >= 15 is 0 Å². The second-order valence-corrected chi connectivity index (χ2v) is 19.9. The summed E-state index contributed by atoms with van der Waals surface area (Å²) in [4.78, 5) is 70.2. The number of thiophene rings is 1. The Morgan fingerprint density at radius 2 is 1.11 bits per heavy atom. The first kappa shape index (κ1) is 58.1. The molecular formula is C53H93N3O8S. The predicted octanol–water partition coefficient (Wildman–Crippen LogP) is 13.3. The third-order valence-corrected chi connectivity index (χ3v) is 13.6. The Bertz CT molecular complexity index is 1430. The Hall–Kier alpha value is -2.99. The number of hydrogen-bond acceptors (Lipinski definition) is 10. The van der Waals surface area contributed by atoms with Gasteiger partial charge in [-0.15, -0.1) is 11.3 Å². The maximum Gasteiger partial charge on any atom is 0.341 e. The van der Waals surface area contributed by atoms with E-state index in [0.29, 0.717) is 81.6 Å². The van der Waals surface area contributed by atoms with E-state index in [-0.39, 0.29) is 49.3 Å². The van der Waals surface area contributed by atoms with E-state index in [0.717, 1.165) is 55.5 Å². The normalized spacial score (nSPS) is 12.4. The van der Waals surface area contributed by atoms with Crippen LogP contribution in [0.15, 0.2) is 0 Å². The Labute approximate surface area is 399 Å². The van der Waals surface area contributed by atoms with Crippen molar-refractivity contribution >= 4 is 46.1 Å². The molecule has 374 valence electrons. The highest BCUT2D eigenvalue weighted by Gasteiger charge is 2.31. The molecule has 1 aromatic heterocycles. The van der Waals surface area contributed by atoms with Crippen molar-refractivity contribution in [2.75, 3.05) is 45.7 Å². The Morgan fingerprint density at radius 1 is 0.600 bits per heavy atom. The van der Waals surface area contributed by atoms with Crippen LogP contribution in [0.25, 0.3) is 0 Å². The molecule has 2 heterocycles. The average Bonchev–Trinajstić information content (AvgIpc) is 3.64. The molecule has 0 bridgehead atoms. The lowest BCUT2D eigenvalue weighted by Gasteiger charge is -2.27. The molecule has 0 unspecified atom stereocenters. The zero-order valence-corrected chi connectivity index (χ0v) is 42.8. The highest BCUT2D eigenvalue weighted by Crippen LogP contribution is 2.38. The van der Waals surface area contributed by atoms with Gasteiger partial charge in [0.05, 0.1) is 25.3 Å². The van der Waals surface area contributed by atoms with Crippen LogP contribution >= 0.6 is 11.3 Å². The summed E-state index contributed by atoms with van der Waals surface area (Å²) < 4.78 is 17.2. The van der Waals surface area contributed by atoms with Crippen LogP contribution in [0.4, 0.5) is 5.00 Å². The van der Waals surface area contributed by atoms with Crippen LogP contribution in [-0.4, -0.2) is 86.0 Å². The van der Waals surface area contributed by atoms with E-state index < -0.39 is 5.97 Å². The molecule has 12 heteroatoms. The van der Waals surface area contributed by atoms with E-state index in [9.17, 15) is 24.0 Å². The third-order valence-electron chi connectivity index (χ3n) is 12.5. The fourth-order valence-electron chi connectivity index (χ4n) is 8.47. The van der Waals surface area contributed by atoms with Crippen molar-refractivity contribution < 1.29 is 38.2 Å². The summed E-state index contributed by atoms with van der Waals surface area (Å²) in [6, 6.07) is 0. The molecule has 2 rings (SSSR count). The van der Waals surface area contributed by atoms with Crippen molar-refractivity contribution in [3.05, 3.63) is 16.0 Å². The molecule has 0 aliphatic carbocycles. The summed E-state index contributed by atoms with van der Waals surface area (Å²) >= 11 is 1.34. The zero-order chi connectivity index (χ0) is 47.3. The van der Waals surface area contributed by atoms with Crippen LogP contribution in [-0.2, 0) is 46.4 Å². The molecule has 1 aliphatic rings. The molecule has 0 fully saturated rings. The molecule has 0 spiro atoms. The number of nitrogens with one attached hydrogen (secondary N) is 1. The number of nitrogens with zero attached hydrogens (tertiary/aromatic N) is 2. The Balaban J connectivity index is 1.86. The van der Waals surface area contributed by atoms with E-state index in [1.807, 2.05) is 23.9 Å². The number of carbonyl (C=O) groups excluding carboxylic acids is 5. The minimum Gasteiger partial charge on any atom is -0.466 e. The number of unbranched alkanes of at least 4 members (excludes halogenated alkanes) is 20. The molecule has 1 N–H and O–H groups in total. The number of carbonyl (C=O) groups is 5. The number of hydrogen-bond donors (Lipinski definition) is 1. The van der Waals surface area contributed by atoms with Gasteiger partial charge < -0.3 is 29.3 Å². The van der Waals surface area contributed by atoms with E-state index in [1.165, 1.54) is 120 Å². The highest BCUT2D eigenvalue weighted by atomic mass is 32.1. The highest BCUT2D eigenvalue weighted by molar-refractivity contribution is 7.17. The van der Waals surface area contributed by atoms with Crippen LogP contribution < -0.4 is 5.32 Å². The third kappa shape index (κ3) is 28.1. The lowest BCUT2D eigenvalue weighted by molar-refractivity contribution is -0.150. The summed E-state index contributed by atoms with van der Waals surface area (Å²) in [6.45, 7) is 9.03. The first-order chi connectivity index (χ1) is 31.6. The maximum absolute atomic E-state index is 13.6. The Kier molecular flexibility index (Phi) is 34.0. The molecule has 1 aliphatic heterocycles. The molecular weight excluding hydrogens is 839 g/mol. The van der Waals surface area contributed by atoms with Crippen molar-refractivity contribution in [3.63, 3.8) is 0 Å². The van der Waals surface area contributed by atoms with Gasteiger partial charge >= 0.3 is 17.9 Å². The first-order valence-electron chi connectivity index (χ1n) is 26.5. The quantitative estimate of drug-likeness (QED) is 0.0387. The Morgan fingerprint density at radius 3 is 1.69 bits per heavy atom. The molecule has 2 amide bonds. The molecule has 11 nitrogen and oxygen atoms in total. The molecule has 0 saturated heterocycles. The summed E-state index contributed by atoms with van der Waals surface area (Å²) in [5, 5.41) is 3.46. The number of fused-ring (bicyclic) bond motifs is 1. The van der Waals surface area contributed by atoms with Gasteiger partial charge in [-0.1, -0.05) is 136 Å². The zero-order valence-electron chi connectivity index (χ0n) is 42.0. The maximum atomic E-state index is 13.6. The standard InChI is InChI=1S/C53H93N3O8S/c1-6-9-12-15-18-19-20-23-30-41-62-49(59)36-29-27-35-48(58)56-40-38-45-46(43-56)65-52(51(45)53(61)63-42-31-39-55(4)5)54-47(57)34-26-28-37-50(60)64-44(32-24-21-16-13-10-7-2)33-25-22-17-14-11-8-3/h44H,6-43H2,1-5H3,(H,54,57). The lowest BCUT2D eigenvalue weighted by Crippen LogP contribution is -2.35. The van der Waals surface area contributed by atoms with E-state index in [1.54, 1.807) is 0 Å². The van der Waals surface area contributed by atoms with Crippen LogP contribution in [0.1, 0.15) is 247 Å². The van der Waals surface area contributed by atoms with Crippen molar-refractivity contribution in [2.45, 2.75) is 245 Å². The number of amides is 2. The van der Waals surface area contributed by atoms with E-state index in [2.05, 4.69) is 26.1 Å². The van der Waals surface area contributed by atoms with Gasteiger partial charge in [-0.25, -0.2) is 4.79 Å². The summed E-state index contributed by atoms with van der Waals surface area (Å²) in [6.07, 6.45) is 31.9. The molecule has 1 aromatic rings. The van der Waals surface area contributed by atoms with Crippen molar-refractivity contribution in [2.24, 2.45) is 0 Å². The minimum absolute atomic E-state index is 0.0141.